The second kappa shape index (κ2) is 6.94. The molecule has 0 atom stereocenters. The summed E-state index contributed by atoms with van der Waals surface area (Å²) < 4.78 is 5.56. The van der Waals surface area contributed by atoms with Gasteiger partial charge in [0, 0.05) is 5.56 Å². The highest BCUT2D eigenvalue weighted by atomic mass is 16.5. The SMILES string of the molecule is CCOc1ccccc1/C=C(\C(=O)O)c1ccc(C)c(C)c1. The average Bonchev–Trinajstić information content (AvgIpc) is 2.49. The standard InChI is InChI=1S/C19H20O3/c1-4-22-18-8-6-5-7-16(18)12-17(19(20)21)15-10-9-13(2)14(3)11-15/h5-12H,4H2,1-3H3,(H,20,21)/b17-12-. The van der Waals surface area contributed by atoms with Crippen LogP contribution in [-0.4, -0.2) is 17.7 Å². The van der Waals surface area contributed by atoms with Crippen molar-refractivity contribution in [3.05, 3.63) is 64.7 Å². The van der Waals surface area contributed by atoms with Crippen molar-refractivity contribution in [2.75, 3.05) is 6.61 Å². The van der Waals surface area contributed by atoms with Gasteiger partial charge in [-0.3, -0.25) is 0 Å². The first-order valence-electron chi connectivity index (χ1n) is 7.27. The molecule has 22 heavy (non-hydrogen) atoms. The molecule has 2 aromatic carbocycles. The predicted molar refractivity (Wildman–Crippen MR) is 89.0 cm³/mol. The molecule has 0 aliphatic rings. The van der Waals surface area contributed by atoms with Crippen molar-refractivity contribution in [2.24, 2.45) is 0 Å². The van der Waals surface area contributed by atoms with Crippen LogP contribution in [0.2, 0.25) is 0 Å². The quantitative estimate of drug-likeness (QED) is 0.660. The molecule has 3 heteroatoms. The van der Waals surface area contributed by atoms with Crippen LogP contribution in [0, 0.1) is 13.8 Å². The van der Waals surface area contributed by atoms with Crippen molar-refractivity contribution in [3.8, 4) is 5.75 Å². The van der Waals surface area contributed by atoms with Crippen LogP contribution < -0.4 is 4.74 Å². The Balaban J connectivity index is 2.52. The van der Waals surface area contributed by atoms with Crippen LogP contribution in [0.5, 0.6) is 5.75 Å². The molecule has 114 valence electrons. The molecule has 2 rings (SSSR count). The number of carboxylic acids is 1. The van der Waals surface area contributed by atoms with Gasteiger partial charge in [-0.15, -0.1) is 0 Å². The summed E-state index contributed by atoms with van der Waals surface area (Å²) in [6.45, 7) is 6.43. The molecular weight excluding hydrogens is 276 g/mol. The molecule has 0 aliphatic carbocycles. The van der Waals surface area contributed by atoms with Crippen LogP contribution in [0.15, 0.2) is 42.5 Å². The van der Waals surface area contributed by atoms with Gasteiger partial charge in [-0.05, 0) is 49.6 Å². The van der Waals surface area contributed by atoms with E-state index in [0.717, 1.165) is 16.7 Å². The third kappa shape index (κ3) is 3.55. The van der Waals surface area contributed by atoms with Crippen molar-refractivity contribution in [2.45, 2.75) is 20.8 Å². The maximum atomic E-state index is 11.7. The Morgan fingerprint density at radius 3 is 2.50 bits per heavy atom. The van der Waals surface area contributed by atoms with E-state index in [-0.39, 0.29) is 5.57 Å². The Morgan fingerprint density at radius 1 is 1.14 bits per heavy atom. The highest BCUT2D eigenvalue weighted by molar-refractivity contribution is 6.20. The number of hydrogen-bond donors (Lipinski definition) is 1. The van der Waals surface area contributed by atoms with Gasteiger partial charge in [-0.25, -0.2) is 4.79 Å². The van der Waals surface area contributed by atoms with Crippen LogP contribution >= 0.6 is 0 Å². The maximum Gasteiger partial charge on any atom is 0.336 e. The summed E-state index contributed by atoms with van der Waals surface area (Å²) >= 11 is 0. The number of aryl methyl sites for hydroxylation is 2. The number of aliphatic carboxylic acids is 1. The molecule has 3 nitrogen and oxygen atoms in total. The van der Waals surface area contributed by atoms with Crippen LogP contribution in [0.4, 0.5) is 0 Å². The summed E-state index contributed by atoms with van der Waals surface area (Å²) in [5.74, 6) is -0.262. The van der Waals surface area contributed by atoms with Crippen LogP contribution in [-0.2, 0) is 4.79 Å². The van der Waals surface area contributed by atoms with Gasteiger partial charge in [0.25, 0.3) is 0 Å². The Morgan fingerprint density at radius 2 is 1.86 bits per heavy atom. The van der Waals surface area contributed by atoms with E-state index in [2.05, 4.69) is 0 Å². The predicted octanol–water partition coefficient (Wildman–Crippen LogP) is 4.33. The molecule has 0 unspecified atom stereocenters. The summed E-state index contributed by atoms with van der Waals surface area (Å²) in [4.78, 5) is 11.7. The maximum absolute atomic E-state index is 11.7. The molecular formula is C19H20O3. The first-order chi connectivity index (χ1) is 10.5. The first kappa shape index (κ1) is 15.8. The molecule has 0 saturated heterocycles. The number of para-hydroxylation sites is 1. The van der Waals surface area contributed by atoms with Gasteiger partial charge in [0.15, 0.2) is 0 Å². The van der Waals surface area contributed by atoms with E-state index >= 15 is 0 Å². The van der Waals surface area contributed by atoms with Crippen LogP contribution in [0.3, 0.4) is 0 Å². The molecule has 0 heterocycles. The minimum atomic E-state index is -0.949. The van der Waals surface area contributed by atoms with Gasteiger partial charge in [0.1, 0.15) is 5.75 Å². The van der Waals surface area contributed by atoms with Crippen molar-refractivity contribution in [1.29, 1.82) is 0 Å². The fraction of sp³-hybridized carbons (Fsp3) is 0.211. The van der Waals surface area contributed by atoms with E-state index in [1.807, 2.05) is 63.2 Å². The van der Waals surface area contributed by atoms with E-state index < -0.39 is 5.97 Å². The molecule has 2 aromatic rings. The average molecular weight is 296 g/mol. The highest BCUT2D eigenvalue weighted by Gasteiger charge is 2.12. The van der Waals surface area contributed by atoms with E-state index in [0.29, 0.717) is 17.9 Å². The lowest BCUT2D eigenvalue weighted by Crippen LogP contribution is -2.01. The molecule has 1 N–H and O–H groups in total. The summed E-state index contributed by atoms with van der Waals surface area (Å²) in [5, 5.41) is 9.56. The van der Waals surface area contributed by atoms with E-state index in [1.54, 1.807) is 6.08 Å². The zero-order valence-electron chi connectivity index (χ0n) is 13.1. The Bertz CT molecular complexity index is 714. The van der Waals surface area contributed by atoms with Gasteiger partial charge in [-0.2, -0.15) is 0 Å². The van der Waals surface area contributed by atoms with Crippen molar-refractivity contribution in [1.82, 2.24) is 0 Å². The monoisotopic (exact) mass is 296 g/mol. The van der Waals surface area contributed by atoms with E-state index in [1.165, 1.54) is 0 Å². The number of benzene rings is 2. The minimum Gasteiger partial charge on any atom is -0.493 e. The van der Waals surface area contributed by atoms with Crippen molar-refractivity contribution in [3.63, 3.8) is 0 Å². The van der Waals surface area contributed by atoms with Gasteiger partial charge in [0.05, 0.1) is 12.2 Å². The third-order valence-electron chi connectivity index (χ3n) is 3.57. The molecule has 0 radical (unpaired) electrons. The molecule has 0 fully saturated rings. The molecule has 0 bridgehead atoms. The zero-order valence-corrected chi connectivity index (χ0v) is 13.1. The summed E-state index contributed by atoms with van der Waals surface area (Å²) in [5.41, 5.74) is 3.93. The fourth-order valence-corrected chi connectivity index (χ4v) is 2.22. The van der Waals surface area contributed by atoms with Crippen LogP contribution in [0.1, 0.15) is 29.2 Å². The molecule has 0 amide bonds. The number of rotatable bonds is 5. The van der Waals surface area contributed by atoms with E-state index in [4.69, 9.17) is 4.74 Å². The molecule has 0 aliphatic heterocycles. The third-order valence-corrected chi connectivity index (χ3v) is 3.57. The lowest BCUT2D eigenvalue weighted by atomic mass is 9.98. The Labute approximate surface area is 130 Å². The normalized spacial score (nSPS) is 11.3. The summed E-state index contributed by atoms with van der Waals surface area (Å²) in [7, 11) is 0. The van der Waals surface area contributed by atoms with Crippen molar-refractivity contribution < 1.29 is 14.6 Å². The molecule has 0 saturated carbocycles. The van der Waals surface area contributed by atoms with Crippen LogP contribution in [0.25, 0.3) is 11.6 Å². The second-order valence-electron chi connectivity index (χ2n) is 5.13. The van der Waals surface area contributed by atoms with Crippen molar-refractivity contribution >= 4 is 17.6 Å². The first-order valence-corrected chi connectivity index (χ1v) is 7.27. The lowest BCUT2D eigenvalue weighted by molar-refractivity contribution is -0.130. The van der Waals surface area contributed by atoms with Gasteiger partial charge >= 0.3 is 5.97 Å². The fourth-order valence-electron chi connectivity index (χ4n) is 2.22. The van der Waals surface area contributed by atoms with Gasteiger partial charge in [0.2, 0.25) is 0 Å². The number of hydrogen-bond acceptors (Lipinski definition) is 2. The topological polar surface area (TPSA) is 46.5 Å². The molecule has 0 aromatic heterocycles. The smallest absolute Gasteiger partial charge is 0.336 e. The number of carboxylic acid groups (broad SMARTS) is 1. The lowest BCUT2D eigenvalue weighted by Gasteiger charge is -2.09. The Hall–Kier alpha value is -2.55. The van der Waals surface area contributed by atoms with E-state index in [9.17, 15) is 9.90 Å². The second-order valence-corrected chi connectivity index (χ2v) is 5.13. The number of ether oxygens (including phenoxy) is 1. The van der Waals surface area contributed by atoms with Gasteiger partial charge < -0.3 is 9.84 Å². The number of carbonyl (C=O) groups is 1. The summed E-state index contributed by atoms with van der Waals surface area (Å²) in [6, 6.07) is 13.1. The summed E-state index contributed by atoms with van der Waals surface area (Å²) in [6.07, 6.45) is 1.66. The largest absolute Gasteiger partial charge is 0.493 e. The highest BCUT2D eigenvalue weighted by Crippen LogP contribution is 2.26. The zero-order chi connectivity index (χ0) is 16.1. The Kier molecular flexibility index (Phi) is 4.99. The molecule has 0 spiro atoms. The minimum absolute atomic E-state index is 0.259. The van der Waals surface area contributed by atoms with Gasteiger partial charge in [-0.1, -0.05) is 36.4 Å².